The van der Waals surface area contributed by atoms with Crippen molar-refractivity contribution < 1.29 is 9.47 Å². The van der Waals surface area contributed by atoms with Gasteiger partial charge in [0.05, 0.1) is 0 Å². The lowest BCUT2D eigenvalue weighted by Gasteiger charge is -2.13. The number of hydrogen-bond donors (Lipinski definition) is 0. The molecule has 0 spiro atoms. The van der Waals surface area contributed by atoms with Crippen LogP contribution in [0, 0.1) is 13.8 Å². The molecule has 0 atom stereocenters. The number of hydrogen-bond acceptors (Lipinski definition) is 2. The summed E-state index contributed by atoms with van der Waals surface area (Å²) in [6.07, 6.45) is 0. The fraction of sp³-hybridized carbons (Fsp3) is 0.250. The van der Waals surface area contributed by atoms with E-state index in [1.54, 1.807) is 0 Å². The maximum Gasteiger partial charge on any atom is 0.125 e. The highest BCUT2D eigenvalue weighted by Gasteiger charge is 2.05. The first kappa shape index (κ1) is 13.9. The van der Waals surface area contributed by atoms with Crippen LogP contribution in [0.3, 0.4) is 0 Å². The van der Waals surface area contributed by atoms with Crippen LogP contribution in [-0.4, -0.2) is 13.2 Å². The molecule has 0 radical (unpaired) electrons. The minimum atomic E-state index is 0.540. The van der Waals surface area contributed by atoms with Gasteiger partial charge in [0.2, 0.25) is 0 Å². The molecule has 0 N–H and O–H groups in total. The summed E-state index contributed by atoms with van der Waals surface area (Å²) in [6.45, 7) is 5.17. The SMILES string of the molecule is Cc1cc(Br)cc(C)c1OCCOc1ccccc1. The Morgan fingerprint density at radius 3 is 2.11 bits per heavy atom. The van der Waals surface area contributed by atoms with Crippen LogP contribution in [0.4, 0.5) is 0 Å². The Hall–Kier alpha value is -1.48. The third kappa shape index (κ3) is 4.00. The van der Waals surface area contributed by atoms with E-state index in [0.29, 0.717) is 13.2 Å². The van der Waals surface area contributed by atoms with Crippen molar-refractivity contribution in [2.24, 2.45) is 0 Å². The second-order valence-electron chi connectivity index (χ2n) is 4.38. The second kappa shape index (κ2) is 6.62. The standard InChI is InChI=1S/C16H17BrO2/c1-12-10-14(17)11-13(2)16(12)19-9-8-18-15-6-4-3-5-7-15/h3-7,10-11H,8-9H2,1-2H3. The number of rotatable bonds is 5. The fourth-order valence-corrected chi connectivity index (χ4v) is 2.63. The Bertz CT molecular complexity index is 515. The van der Waals surface area contributed by atoms with E-state index in [1.165, 1.54) is 0 Å². The average Bonchev–Trinajstić information content (AvgIpc) is 2.38. The van der Waals surface area contributed by atoms with Gasteiger partial charge in [0, 0.05) is 4.47 Å². The van der Waals surface area contributed by atoms with Gasteiger partial charge < -0.3 is 9.47 Å². The Morgan fingerprint density at radius 2 is 1.47 bits per heavy atom. The van der Waals surface area contributed by atoms with Crippen molar-refractivity contribution in [1.82, 2.24) is 0 Å². The van der Waals surface area contributed by atoms with Gasteiger partial charge in [-0.1, -0.05) is 34.1 Å². The van der Waals surface area contributed by atoms with Gasteiger partial charge in [0.1, 0.15) is 24.7 Å². The third-order valence-electron chi connectivity index (χ3n) is 2.77. The van der Waals surface area contributed by atoms with Crippen LogP contribution in [-0.2, 0) is 0 Å². The maximum absolute atomic E-state index is 5.80. The summed E-state index contributed by atoms with van der Waals surface area (Å²) in [5.41, 5.74) is 2.26. The van der Waals surface area contributed by atoms with E-state index in [-0.39, 0.29) is 0 Å². The Balaban J connectivity index is 1.86. The van der Waals surface area contributed by atoms with E-state index < -0.39 is 0 Å². The zero-order valence-corrected chi connectivity index (χ0v) is 12.7. The molecule has 100 valence electrons. The van der Waals surface area contributed by atoms with Gasteiger partial charge in [-0.2, -0.15) is 0 Å². The zero-order chi connectivity index (χ0) is 13.7. The first-order valence-electron chi connectivity index (χ1n) is 6.24. The number of halogens is 1. The lowest BCUT2D eigenvalue weighted by molar-refractivity contribution is 0.215. The number of ether oxygens (including phenoxy) is 2. The van der Waals surface area contributed by atoms with Crippen LogP contribution in [0.5, 0.6) is 11.5 Å². The minimum Gasteiger partial charge on any atom is -0.490 e. The van der Waals surface area contributed by atoms with Crippen LogP contribution >= 0.6 is 15.9 Å². The zero-order valence-electron chi connectivity index (χ0n) is 11.2. The monoisotopic (exact) mass is 320 g/mol. The topological polar surface area (TPSA) is 18.5 Å². The van der Waals surface area contributed by atoms with Gasteiger partial charge in [-0.05, 0) is 49.2 Å². The van der Waals surface area contributed by atoms with Crippen molar-refractivity contribution in [3.05, 3.63) is 58.1 Å². The van der Waals surface area contributed by atoms with E-state index >= 15 is 0 Å². The van der Waals surface area contributed by atoms with Crippen LogP contribution in [0.2, 0.25) is 0 Å². The summed E-state index contributed by atoms with van der Waals surface area (Å²) in [4.78, 5) is 0. The van der Waals surface area contributed by atoms with Crippen molar-refractivity contribution >= 4 is 15.9 Å². The molecule has 19 heavy (non-hydrogen) atoms. The third-order valence-corrected chi connectivity index (χ3v) is 3.22. The summed E-state index contributed by atoms with van der Waals surface area (Å²) in [5, 5.41) is 0. The van der Waals surface area contributed by atoms with Crippen molar-refractivity contribution in [2.45, 2.75) is 13.8 Å². The van der Waals surface area contributed by atoms with Crippen LogP contribution < -0.4 is 9.47 Å². The molecule has 2 aromatic carbocycles. The molecule has 0 aromatic heterocycles. The summed E-state index contributed by atoms with van der Waals surface area (Å²) in [5.74, 6) is 1.82. The molecule has 0 aliphatic carbocycles. The predicted octanol–water partition coefficient (Wildman–Crippen LogP) is 4.52. The molecule has 0 unspecified atom stereocenters. The molecular formula is C16H17BrO2. The van der Waals surface area contributed by atoms with Gasteiger partial charge in [0.25, 0.3) is 0 Å². The van der Waals surface area contributed by atoms with Crippen LogP contribution in [0.1, 0.15) is 11.1 Å². The quantitative estimate of drug-likeness (QED) is 0.754. The van der Waals surface area contributed by atoms with Crippen molar-refractivity contribution in [3.63, 3.8) is 0 Å². The molecule has 2 aromatic rings. The normalized spacial score (nSPS) is 10.3. The molecule has 0 heterocycles. The fourth-order valence-electron chi connectivity index (χ4n) is 1.95. The molecule has 0 amide bonds. The second-order valence-corrected chi connectivity index (χ2v) is 5.29. The molecule has 0 fully saturated rings. The summed E-state index contributed by atoms with van der Waals surface area (Å²) in [7, 11) is 0. The first-order valence-corrected chi connectivity index (χ1v) is 7.03. The molecule has 2 nitrogen and oxygen atoms in total. The lowest BCUT2D eigenvalue weighted by Crippen LogP contribution is -2.10. The molecule has 2 rings (SSSR count). The molecule has 0 aliphatic rings. The molecule has 0 aliphatic heterocycles. The van der Waals surface area contributed by atoms with E-state index in [0.717, 1.165) is 27.1 Å². The number of benzene rings is 2. The van der Waals surface area contributed by atoms with Crippen molar-refractivity contribution in [2.75, 3.05) is 13.2 Å². The van der Waals surface area contributed by atoms with Gasteiger partial charge in [-0.25, -0.2) is 0 Å². The highest BCUT2D eigenvalue weighted by molar-refractivity contribution is 9.10. The van der Waals surface area contributed by atoms with E-state index in [1.807, 2.05) is 44.2 Å². The molecule has 0 saturated carbocycles. The molecule has 0 saturated heterocycles. The Labute approximate surface area is 122 Å². The molecule has 3 heteroatoms. The van der Waals surface area contributed by atoms with Crippen molar-refractivity contribution in [3.8, 4) is 11.5 Å². The van der Waals surface area contributed by atoms with Crippen molar-refractivity contribution in [1.29, 1.82) is 0 Å². The maximum atomic E-state index is 5.80. The van der Waals surface area contributed by atoms with E-state index in [9.17, 15) is 0 Å². The molecule has 0 bridgehead atoms. The van der Waals surface area contributed by atoms with Crippen LogP contribution in [0.15, 0.2) is 46.9 Å². The highest BCUT2D eigenvalue weighted by Crippen LogP contribution is 2.27. The number of aryl methyl sites for hydroxylation is 2. The average molecular weight is 321 g/mol. The Morgan fingerprint density at radius 1 is 0.895 bits per heavy atom. The Kier molecular flexibility index (Phi) is 4.86. The summed E-state index contributed by atoms with van der Waals surface area (Å²) < 4.78 is 12.5. The van der Waals surface area contributed by atoms with Crippen LogP contribution in [0.25, 0.3) is 0 Å². The predicted molar refractivity (Wildman–Crippen MR) is 81.0 cm³/mol. The lowest BCUT2D eigenvalue weighted by atomic mass is 10.1. The van der Waals surface area contributed by atoms with E-state index in [4.69, 9.17) is 9.47 Å². The van der Waals surface area contributed by atoms with Gasteiger partial charge >= 0.3 is 0 Å². The smallest absolute Gasteiger partial charge is 0.125 e. The van der Waals surface area contributed by atoms with E-state index in [2.05, 4.69) is 28.1 Å². The first-order chi connectivity index (χ1) is 9.16. The van der Waals surface area contributed by atoms with Gasteiger partial charge in [0.15, 0.2) is 0 Å². The highest BCUT2D eigenvalue weighted by atomic mass is 79.9. The minimum absolute atomic E-state index is 0.540. The number of para-hydroxylation sites is 1. The summed E-state index contributed by atoms with van der Waals surface area (Å²) in [6, 6.07) is 13.9. The largest absolute Gasteiger partial charge is 0.490 e. The van der Waals surface area contributed by atoms with Gasteiger partial charge in [-0.3, -0.25) is 0 Å². The van der Waals surface area contributed by atoms with Gasteiger partial charge in [-0.15, -0.1) is 0 Å². The molecular weight excluding hydrogens is 304 g/mol. The summed E-state index contributed by atoms with van der Waals surface area (Å²) >= 11 is 3.48.